The molecular weight excluding hydrogens is 264 g/mol. The number of hydrogen-bond acceptors (Lipinski definition) is 3. The van der Waals surface area contributed by atoms with E-state index in [9.17, 15) is 9.90 Å². The van der Waals surface area contributed by atoms with Crippen LogP contribution >= 0.6 is 0 Å². The predicted octanol–water partition coefficient (Wildman–Crippen LogP) is 4.75. The molecule has 1 fully saturated rings. The molecule has 0 aliphatic carbocycles. The quantitative estimate of drug-likeness (QED) is 0.417. The van der Waals surface area contributed by atoms with E-state index in [2.05, 4.69) is 6.92 Å². The van der Waals surface area contributed by atoms with Crippen LogP contribution in [0, 0.1) is 0 Å². The summed E-state index contributed by atoms with van der Waals surface area (Å²) in [5.41, 5.74) is 0. The number of aliphatic hydroxyl groups is 1. The normalized spacial score (nSPS) is 20.3. The molecule has 3 nitrogen and oxygen atoms in total. The summed E-state index contributed by atoms with van der Waals surface area (Å²) >= 11 is 0. The van der Waals surface area contributed by atoms with Crippen molar-refractivity contribution in [3.8, 4) is 0 Å². The van der Waals surface area contributed by atoms with Gasteiger partial charge in [-0.3, -0.25) is 4.79 Å². The predicted molar refractivity (Wildman–Crippen MR) is 86.2 cm³/mol. The fraction of sp³-hybridized carbons (Fsp3) is 0.944. The number of esters is 1. The molecule has 0 spiro atoms. The van der Waals surface area contributed by atoms with E-state index in [-0.39, 0.29) is 12.1 Å². The third-order valence-electron chi connectivity index (χ3n) is 4.43. The molecule has 1 heterocycles. The molecule has 1 aliphatic heterocycles. The third kappa shape index (κ3) is 9.13. The summed E-state index contributed by atoms with van der Waals surface area (Å²) in [7, 11) is 0. The van der Waals surface area contributed by atoms with E-state index >= 15 is 0 Å². The van der Waals surface area contributed by atoms with Gasteiger partial charge in [0.2, 0.25) is 0 Å². The molecule has 124 valence electrons. The molecule has 0 aromatic heterocycles. The maximum absolute atomic E-state index is 11.2. The first kappa shape index (κ1) is 18.5. The summed E-state index contributed by atoms with van der Waals surface area (Å²) in [6.07, 6.45) is 15.3. The number of ether oxygens (including phenoxy) is 1. The second-order valence-electron chi connectivity index (χ2n) is 6.46. The molecule has 0 amide bonds. The molecule has 1 rings (SSSR count). The second kappa shape index (κ2) is 12.0. The second-order valence-corrected chi connectivity index (χ2v) is 6.46. The molecule has 1 saturated heterocycles. The first-order valence-electron chi connectivity index (χ1n) is 9.11. The van der Waals surface area contributed by atoms with Gasteiger partial charge in [-0.1, -0.05) is 71.1 Å². The highest BCUT2D eigenvalue weighted by Crippen LogP contribution is 2.20. The van der Waals surface area contributed by atoms with Gasteiger partial charge in [0.05, 0.1) is 6.10 Å². The molecule has 0 radical (unpaired) electrons. The number of carbonyl (C=O) groups excluding carboxylic acids is 1. The lowest BCUT2D eigenvalue weighted by molar-refractivity contribution is -0.161. The number of hydrogen-bond donors (Lipinski definition) is 1. The highest BCUT2D eigenvalue weighted by Gasteiger charge is 2.26. The lowest BCUT2D eigenvalue weighted by atomic mass is 9.98. The van der Waals surface area contributed by atoms with Gasteiger partial charge < -0.3 is 9.84 Å². The van der Waals surface area contributed by atoms with Crippen LogP contribution in [0.15, 0.2) is 0 Å². The highest BCUT2D eigenvalue weighted by molar-refractivity contribution is 5.70. The molecule has 0 unspecified atom stereocenters. The summed E-state index contributed by atoms with van der Waals surface area (Å²) < 4.78 is 5.20. The molecule has 3 heteroatoms. The summed E-state index contributed by atoms with van der Waals surface area (Å²) in [6, 6.07) is 0. The molecule has 0 aromatic carbocycles. The standard InChI is InChI=1S/C18H34O3/c1-2-3-4-5-6-7-8-9-10-11-13-16(19)17-14-12-15-18(20)21-17/h16-17,19H,2-15H2,1H3/t16-,17-/m0/s1. The van der Waals surface area contributed by atoms with Gasteiger partial charge in [-0.05, 0) is 19.3 Å². The van der Waals surface area contributed by atoms with Crippen LogP contribution in [-0.2, 0) is 9.53 Å². The van der Waals surface area contributed by atoms with Crippen molar-refractivity contribution < 1.29 is 14.6 Å². The number of rotatable bonds is 12. The summed E-state index contributed by atoms with van der Waals surface area (Å²) in [5, 5.41) is 10.0. The number of cyclic esters (lactones) is 1. The lowest BCUT2D eigenvalue weighted by Gasteiger charge is -2.26. The van der Waals surface area contributed by atoms with Gasteiger partial charge in [0.1, 0.15) is 6.10 Å². The van der Waals surface area contributed by atoms with E-state index < -0.39 is 6.10 Å². The first-order valence-corrected chi connectivity index (χ1v) is 9.11. The third-order valence-corrected chi connectivity index (χ3v) is 4.43. The number of aliphatic hydroxyl groups excluding tert-OH is 1. The lowest BCUT2D eigenvalue weighted by Crippen LogP contribution is -2.34. The van der Waals surface area contributed by atoms with Crippen LogP contribution in [-0.4, -0.2) is 23.3 Å². The zero-order valence-electron chi connectivity index (χ0n) is 13.8. The van der Waals surface area contributed by atoms with Gasteiger partial charge >= 0.3 is 5.97 Å². The Morgan fingerprint density at radius 1 is 1.05 bits per heavy atom. The van der Waals surface area contributed by atoms with Crippen LogP contribution in [0.4, 0.5) is 0 Å². The number of unbranched alkanes of at least 4 members (excludes halogenated alkanes) is 9. The van der Waals surface area contributed by atoms with Crippen LogP contribution in [0.2, 0.25) is 0 Å². The fourth-order valence-electron chi connectivity index (χ4n) is 3.03. The van der Waals surface area contributed by atoms with E-state index in [0.717, 1.165) is 25.7 Å². The topological polar surface area (TPSA) is 46.5 Å². The Morgan fingerprint density at radius 2 is 1.62 bits per heavy atom. The summed E-state index contributed by atoms with van der Waals surface area (Å²) in [4.78, 5) is 11.2. The van der Waals surface area contributed by atoms with Crippen molar-refractivity contribution in [3.63, 3.8) is 0 Å². The largest absolute Gasteiger partial charge is 0.460 e. The Hall–Kier alpha value is -0.570. The molecule has 2 atom stereocenters. The maximum Gasteiger partial charge on any atom is 0.306 e. The van der Waals surface area contributed by atoms with Gasteiger partial charge in [0.25, 0.3) is 0 Å². The maximum atomic E-state index is 11.2. The van der Waals surface area contributed by atoms with Crippen molar-refractivity contribution in [1.82, 2.24) is 0 Å². The Morgan fingerprint density at radius 3 is 2.19 bits per heavy atom. The molecule has 1 N–H and O–H groups in total. The fourth-order valence-corrected chi connectivity index (χ4v) is 3.03. The van der Waals surface area contributed by atoms with E-state index in [4.69, 9.17) is 4.74 Å². The van der Waals surface area contributed by atoms with Gasteiger partial charge in [0.15, 0.2) is 0 Å². The SMILES string of the molecule is CCCCCCCCCCCC[C@H](O)[C@@H]1CCCC(=O)O1. The molecule has 0 bridgehead atoms. The van der Waals surface area contributed by atoms with Crippen LogP contribution in [0.25, 0.3) is 0 Å². The molecule has 0 saturated carbocycles. The summed E-state index contributed by atoms with van der Waals surface area (Å²) in [6.45, 7) is 2.25. The van der Waals surface area contributed by atoms with Crippen molar-refractivity contribution in [2.75, 3.05) is 0 Å². The smallest absolute Gasteiger partial charge is 0.306 e. The average Bonchev–Trinajstić information content (AvgIpc) is 2.49. The molecule has 21 heavy (non-hydrogen) atoms. The molecule has 0 aromatic rings. The van der Waals surface area contributed by atoms with E-state index in [1.807, 2.05) is 0 Å². The van der Waals surface area contributed by atoms with E-state index in [1.54, 1.807) is 0 Å². The Kier molecular flexibility index (Phi) is 10.6. The molecule has 1 aliphatic rings. The zero-order valence-corrected chi connectivity index (χ0v) is 13.8. The zero-order chi connectivity index (χ0) is 15.3. The van der Waals surface area contributed by atoms with Crippen molar-refractivity contribution in [2.45, 2.75) is 109 Å². The highest BCUT2D eigenvalue weighted by atomic mass is 16.6. The van der Waals surface area contributed by atoms with E-state index in [0.29, 0.717) is 6.42 Å². The van der Waals surface area contributed by atoms with Gasteiger partial charge in [-0.25, -0.2) is 0 Å². The average molecular weight is 298 g/mol. The first-order chi connectivity index (χ1) is 10.2. The van der Waals surface area contributed by atoms with Crippen LogP contribution in [0.5, 0.6) is 0 Å². The minimum absolute atomic E-state index is 0.145. The number of carbonyl (C=O) groups is 1. The molecular formula is C18H34O3. The Bertz CT molecular complexity index is 265. The van der Waals surface area contributed by atoms with E-state index in [1.165, 1.54) is 57.8 Å². The monoisotopic (exact) mass is 298 g/mol. The van der Waals surface area contributed by atoms with Gasteiger partial charge in [-0.2, -0.15) is 0 Å². The van der Waals surface area contributed by atoms with Crippen molar-refractivity contribution >= 4 is 5.97 Å². The Labute approximate surface area is 130 Å². The van der Waals surface area contributed by atoms with Crippen LogP contribution < -0.4 is 0 Å². The van der Waals surface area contributed by atoms with Crippen LogP contribution in [0.3, 0.4) is 0 Å². The van der Waals surface area contributed by atoms with Gasteiger partial charge in [-0.15, -0.1) is 0 Å². The van der Waals surface area contributed by atoms with Crippen molar-refractivity contribution in [2.24, 2.45) is 0 Å². The summed E-state index contributed by atoms with van der Waals surface area (Å²) in [5.74, 6) is -0.145. The Balaban J connectivity index is 1.88. The minimum atomic E-state index is -0.455. The van der Waals surface area contributed by atoms with Crippen molar-refractivity contribution in [3.05, 3.63) is 0 Å². The minimum Gasteiger partial charge on any atom is -0.460 e. The van der Waals surface area contributed by atoms with Crippen molar-refractivity contribution in [1.29, 1.82) is 0 Å². The van der Waals surface area contributed by atoms with Gasteiger partial charge in [0, 0.05) is 6.42 Å². The van der Waals surface area contributed by atoms with Crippen LogP contribution in [0.1, 0.15) is 96.8 Å².